The summed E-state index contributed by atoms with van der Waals surface area (Å²) in [5.74, 6) is 0.456. The number of sulfonamides is 1. The summed E-state index contributed by atoms with van der Waals surface area (Å²) in [4.78, 5) is 12.5. The number of carbonyl (C=O) groups is 1. The fourth-order valence-corrected chi connectivity index (χ4v) is 4.47. The number of ether oxygens (including phenoxy) is 1. The smallest absolute Gasteiger partial charge is 0.258 e. The Morgan fingerprint density at radius 3 is 2.28 bits per heavy atom. The number of benzene rings is 2. The minimum atomic E-state index is -3.49. The van der Waals surface area contributed by atoms with Gasteiger partial charge >= 0.3 is 0 Å². The molecule has 2 rings (SSSR count). The zero-order valence-electron chi connectivity index (χ0n) is 17.7. The van der Waals surface area contributed by atoms with E-state index in [4.69, 9.17) is 4.74 Å². The first-order valence-electron chi connectivity index (χ1n) is 9.78. The van der Waals surface area contributed by atoms with Crippen LogP contribution in [0.2, 0.25) is 0 Å². The number of nitrogens with zero attached hydrogens (tertiary/aromatic N) is 1. The zero-order valence-corrected chi connectivity index (χ0v) is 18.5. The van der Waals surface area contributed by atoms with Gasteiger partial charge in [0.15, 0.2) is 6.61 Å². The van der Waals surface area contributed by atoms with Crippen molar-refractivity contribution in [1.82, 2.24) is 9.62 Å². The lowest BCUT2D eigenvalue weighted by Gasteiger charge is -2.19. The van der Waals surface area contributed by atoms with Gasteiger partial charge in [0, 0.05) is 13.1 Å². The predicted octanol–water partition coefficient (Wildman–Crippen LogP) is 3.59. The third kappa shape index (κ3) is 5.81. The van der Waals surface area contributed by atoms with Crippen molar-refractivity contribution in [3.63, 3.8) is 0 Å². The summed E-state index contributed by atoms with van der Waals surface area (Å²) in [6.07, 6.45) is 0. The van der Waals surface area contributed by atoms with Gasteiger partial charge < -0.3 is 10.1 Å². The second-order valence-electron chi connectivity index (χ2n) is 7.01. The Morgan fingerprint density at radius 1 is 1.07 bits per heavy atom. The van der Waals surface area contributed by atoms with E-state index in [0.29, 0.717) is 18.8 Å². The first-order chi connectivity index (χ1) is 13.7. The molecule has 0 aliphatic rings. The van der Waals surface area contributed by atoms with Crippen molar-refractivity contribution >= 4 is 15.9 Å². The van der Waals surface area contributed by atoms with Gasteiger partial charge in [0.05, 0.1) is 10.9 Å². The standard InChI is InChI=1S/C22H30N2O4S/c1-6-24(7-2)29(26,27)20-12-10-19(11-13-20)18(5)23-22(25)15-28-21-14-16(3)8-9-17(21)4/h8-14,18H,6-7,15H2,1-5H3,(H,23,25). The Bertz CT molecular complexity index is 936. The molecule has 0 fully saturated rings. The lowest BCUT2D eigenvalue weighted by Crippen LogP contribution is -2.32. The van der Waals surface area contributed by atoms with Crippen LogP contribution in [0.3, 0.4) is 0 Å². The molecule has 1 unspecified atom stereocenters. The third-order valence-electron chi connectivity index (χ3n) is 4.80. The lowest BCUT2D eigenvalue weighted by atomic mass is 10.1. The fraction of sp³-hybridized carbons (Fsp3) is 0.409. The van der Waals surface area contributed by atoms with Crippen LogP contribution >= 0.6 is 0 Å². The highest BCUT2D eigenvalue weighted by atomic mass is 32.2. The van der Waals surface area contributed by atoms with Crippen LogP contribution in [0.1, 0.15) is 43.5 Å². The molecule has 0 radical (unpaired) electrons. The topological polar surface area (TPSA) is 75.7 Å². The van der Waals surface area contributed by atoms with E-state index < -0.39 is 10.0 Å². The highest BCUT2D eigenvalue weighted by Gasteiger charge is 2.21. The summed E-state index contributed by atoms with van der Waals surface area (Å²) in [7, 11) is -3.49. The van der Waals surface area contributed by atoms with E-state index in [1.54, 1.807) is 24.3 Å². The van der Waals surface area contributed by atoms with Gasteiger partial charge in [-0.2, -0.15) is 4.31 Å². The third-order valence-corrected chi connectivity index (χ3v) is 6.87. The summed E-state index contributed by atoms with van der Waals surface area (Å²) in [5, 5.41) is 2.88. The maximum atomic E-state index is 12.6. The normalized spacial score (nSPS) is 12.6. The van der Waals surface area contributed by atoms with Crippen LogP contribution in [0.15, 0.2) is 47.4 Å². The largest absolute Gasteiger partial charge is 0.483 e. The maximum absolute atomic E-state index is 12.6. The summed E-state index contributed by atoms with van der Waals surface area (Å²) in [5.41, 5.74) is 2.86. The van der Waals surface area contributed by atoms with Gasteiger partial charge in [0.25, 0.3) is 5.91 Å². The van der Waals surface area contributed by atoms with Gasteiger partial charge in [-0.1, -0.05) is 38.1 Å². The van der Waals surface area contributed by atoms with E-state index in [9.17, 15) is 13.2 Å². The molecular formula is C22H30N2O4S. The molecule has 0 saturated carbocycles. The molecule has 0 saturated heterocycles. The SMILES string of the molecule is CCN(CC)S(=O)(=O)c1ccc(C(C)NC(=O)COc2cc(C)ccc2C)cc1. The number of hydrogen-bond acceptors (Lipinski definition) is 4. The molecule has 0 aliphatic carbocycles. The van der Waals surface area contributed by atoms with Crippen LogP contribution in [-0.4, -0.2) is 38.3 Å². The fourth-order valence-electron chi connectivity index (χ4n) is 3.01. The lowest BCUT2D eigenvalue weighted by molar-refractivity contribution is -0.123. The molecule has 0 aliphatic heterocycles. The molecular weight excluding hydrogens is 388 g/mol. The van der Waals surface area contributed by atoms with E-state index in [0.717, 1.165) is 16.7 Å². The van der Waals surface area contributed by atoms with E-state index in [-0.39, 0.29) is 23.5 Å². The van der Waals surface area contributed by atoms with Crippen LogP contribution in [0.4, 0.5) is 0 Å². The van der Waals surface area contributed by atoms with Crippen molar-refractivity contribution < 1.29 is 17.9 Å². The molecule has 2 aromatic carbocycles. The summed E-state index contributed by atoms with van der Waals surface area (Å²) < 4.78 is 32.2. The number of carbonyl (C=O) groups excluding carboxylic acids is 1. The summed E-state index contributed by atoms with van der Waals surface area (Å²) >= 11 is 0. The Morgan fingerprint density at radius 2 is 1.69 bits per heavy atom. The highest BCUT2D eigenvalue weighted by molar-refractivity contribution is 7.89. The van der Waals surface area contributed by atoms with Crippen LogP contribution in [-0.2, 0) is 14.8 Å². The molecule has 29 heavy (non-hydrogen) atoms. The Kier molecular flexibility index (Phi) is 7.81. The van der Waals surface area contributed by atoms with Gasteiger partial charge in [-0.15, -0.1) is 0 Å². The number of aryl methyl sites for hydroxylation is 2. The Labute approximate surface area is 173 Å². The van der Waals surface area contributed by atoms with Gasteiger partial charge in [-0.3, -0.25) is 4.79 Å². The van der Waals surface area contributed by atoms with Crippen LogP contribution in [0.5, 0.6) is 5.75 Å². The average molecular weight is 419 g/mol. The molecule has 1 N–H and O–H groups in total. The van der Waals surface area contributed by atoms with Crippen molar-refractivity contribution in [3.05, 3.63) is 59.2 Å². The Balaban J connectivity index is 1.99. The molecule has 0 bridgehead atoms. The summed E-state index contributed by atoms with van der Waals surface area (Å²) in [6.45, 7) is 10.1. The molecule has 0 aromatic heterocycles. The quantitative estimate of drug-likeness (QED) is 0.675. The number of amides is 1. The van der Waals surface area contributed by atoms with E-state index in [1.807, 2.05) is 52.8 Å². The molecule has 158 valence electrons. The van der Waals surface area contributed by atoms with Crippen molar-refractivity contribution in [2.45, 2.75) is 45.6 Å². The zero-order chi connectivity index (χ0) is 21.6. The molecule has 1 amide bonds. The Hall–Kier alpha value is -2.38. The monoisotopic (exact) mass is 418 g/mol. The molecule has 7 heteroatoms. The second kappa shape index (κ2) is 9.89. The first-order valence-corrected chi connectivity index (χ1v) is 11.2. The van der Waals surface area contributed by atoms with Crippen LogP contribution in [0, 0.1) is 13.8 Å². The van der Waals surface area contributed by atoms with Gasteiger partial charge in [-0.25, -0.2) is 8.42 Å². The van der Waals surface area contributed by atoms with Gasteiger partial charge in [0.2, 0.25) is 10.0 Å². The molecule has 2 aromatic rings. The highest BCUT2D eigenvalue weighted by Crippen LogP contribution is 2.20. The number of nitrogens with one attached hydrogen (secondary N) is 1. The van der Waals surface area contributed by atoms with Crippen molar-refractivity contribution in [2.75, 3.05) is 19.7 Å². The minimum Gasteiger partial charge on any atom is -0.483 e. The second-order valence-corrected chi connectivity index (χ2v) is 8.94. The van der Waals surface area contributed by atoms with Gasteiger partial charge in [-0.05, 0) is 55.7 Å². The molecule has 0 spiro atoms. The molecule has 0 heterocycles. The molecule has 6 nitrogen and oxygen atoms in total. The van der Waals surface area contributed by atoms with Crippen molar-refractivity contribution in [2.24, 2.45) is 0 Å². The van der Waals surface area contributed by atoms with E-state index >= 15 is 0 Å². The maximum Gasteiger partial charge on any atom is 0.258 e. The molecule has 1 atom stereocenters. The predicted molar refractivity (Wildman–Crippen MR) is 115 cm³/mol. The van der Waals surface area contributed by atoms with Crippen LogP contribution < -0.4 is 10.1 Å². The average Bonchev–Trinajstić information content (AvgIpc) is 2.69. The van der Waals surface area contributed by atoms with Crippen molar-refractivity contribution in [1.29, 1.82) is 0 Å². The van der Waals surface area contributed by atoms with Crippen LogP contribution in [0.25, 0.3) is 0 Å². The summed E-state index contributed by atoms with van der Waals surface area (Å²) in [6, 6.07) is 12.2. The van der Waals surface area contributed by atoms with E-state index in [1.165, 1.54) is 4.31 Å². The van der Waals surface area contributed by atoms with E-state index in [2.05, 4.69) is 5.32 Å². The first kappa shape index (κ1) is 22.9. The van der Waals surface area contributed by atoms with Gasteiger partial charge in [0.1, 0.15) is 5.75 Å². The number of hydrogen-bond donors (Lipinski definition) is 1. The number of rotatable bonds is 9. The van der Waals surface area contributed by atoms with Crippen molar-refractivity contribution in [3.8, 4) is 5.75 Å². The minimum absolute atomic E-state index is 0.0803.